The molecule has 17 heavy (non-hydrogen) atoms. The van der Waals surface area contributed by atoms with Gasteiger partial charge in [0.05, 0.1) is 12.2 Å². The molecule has 0 aliphatic carbocycles. The van der Waals surface area contributed by atoms with Gasteiger partial charge in [-0.15, -0.1) is 0 Å². The van der Waals surface area contributed by atoms with E-state index in [1.807, 2.05) is 0 Å². The first kappa shape index (κ1) is 11.3. The third-order valence-electron chi connectivity index (χ3n) is 2.77. The fourth-order valence-electron chi connectivity index (χ4n) is 1.89. The van der Waals surface area contributed by atoms with Crippen molar-refractivity contribution in [3.05, 3.63) is 29.8 Å². The lowest BCUT2D eigenvalue weighted by atomic mass is 10.0. The van der Waals surface area contributed by atoms with Crippen molar-refractivity contribution >= 4 is 22.7 Å². The summed E-state index contributed by atoms with van der Waals surface area (Å²) in [7, 11) is 0. The summed E-state index contributed by atoms with van der Waals surface area (Å²) in [5, 5.41) is 24.1. The number of anilines is 1. The summed E-state index contributed by atoms with van der Waals surface area (Å²) in [6, 6.07) is 7.02. The van der Waals surface area contributed by atoms with Crippen LogP contribution in [-0.2, 0) is 4.79 Å². The molecule has 2 aromatic carbocycles. The van der Waals surface area contributed by atoms with E-state index in [1.165, 1.54) is 0 Å². The lowest BCUT2D eigenvalue weighted by molar-refractivity contribution is -0.106. The van der Waals surface area contributed by atoms with Crippen LogP contribution in [0.5, 0.6) is 11.5 Å². The van der Waals surface area contributed by atoms with Crippen LogP contribution in [0.3, 0.4) is 0 Å². The summed E-state index contributed by atoms with van der Waals surface area (Å²) in [6.45, 7) is 1.78. The minimum atomic E-state index is 0.0535. The standard InChI is InChI=1S/C13H13NO3/c1-8-11(14-6-7-15)13(17)10-5-3-2-4-9(10)12(8)16/h2-5,7,14,16-17H,6H2,1H3. The fraction of sp³-hybridized carbons (Fsp3) is 0.154. The minimum absolute atomic E-state index is 0.0535. The van der Waals surface area contributed by atoms with Crippen molar-refractivity contribution in [2.75, 3.05) is 11.9 Å². The number of nitrogens with one attached hydrogen (secondary N) is 1. The highest BCUT2D eigenvalue weighted by Gasteiger charge is 2.14. The van der Waals surface area contributed by atoms with E-state index in [4.69, 9.17) is 0 Å². The van der Waals surface area contributed by atoms with Crippen LogP contribution < -0.4 is 5.32 Å². The number of phenols is 2. The topological polar surface area (TPSA) is 69.6 Å². The van der Waals surface area contributed by atoms with Gasteiger partial charge in [-0.3, -0.25) is 0 Å². The molecule has 4 heteroatoms. The van der Waals surface area contributed by atoms with Crippen molar-refractivity contribution < 1.29 is 15.0 Å². The Hall–Kier alpha value is -2.23. The average Bonchev–Trinajstić information content (AvgIpc) is 2.36. The molecule has 3 N–H and O–H groups in total. The Morgan fingerprint density at radius 2 is 1.76 bits per heavy atom. The number of carbonyl (C=O) groups is 1. The number of aldehydes is 1. The Morgan fingerprint density at radius 3 is 2.35 bits per heavy atom. The molecule has 0 amide bonds. The van der Waals surface area contributed by atoms with E-state index in [-0.39, 0.29) is 18.0 Å². The predicted octanol–water partition coefficient (Wildman–Crippen LogP) is 2.17. The van der Waals surface area contributed by atoms with E-state index in [9.17, 15) is 15.0 Å². The zero-order valence-corrected chi connectivity index (χ0v) is 9.40. The van der Waals surface area contributed by atoms with Crippen molar-refractivity contribution in [2.45, 2.75) is 6.92 Å². The Kier molecular flexibility index (Phi) is 2.87. The molecule has 0 saturated heterocycles. The molecule has 0 spiro atoms. The number of aromatic hydroxyl groups is 2. The zero-order chi connectivity index (χ0) is 12.4. The second-order valence-electron chi connectivity index (χ2n) is 3.79. The van der Waals surface area contributed by atoms with E-state index in [2.05, 4.69) is 5.32 Å². The van der Waals surface area contributed by atoms with Crippen molar-refractivity contribution in [2.24, 2.45) is 0 Å². The zero-order valence-electron chi connectivity index (χ0n) is 9.40. The molecular weight excluding hydrogens is 218 g/mol. The number of hydrogen-bond donors (Lipinski definition) is 3. The highest BCUT2D eigenvalue weighted by atomic mass is 16.3. The normalized spacial score (nSPS) is 10.4. The van der Waals surface area contributed by atoms with E-state index < -0.39 is 0 Å². The Labute approximate surface area is 98.5 Å². The summed E-state index contributed by atoms with van der Waals surface area (Å²) in [4.78, 5) is 10.3. The second kappa shape index (κ2) is 4.33. The van der Waals surface area contributed by atoms with Gasteiger partial charge in [0.2, 0.25) is 0 Å². The lowest BCUT2D eigenvalue weighted by Crippen LogP contribution is -2.04. The fourth-order valence-corrected chi connectivity index (χ4v) is 1.89. The average molecular weight is 231 g/mol. The van der Waals surface area contributed by atoms with Crippen LogP contribution in [0, 0.1) is 6.92 Å². The van der Waals surface area contributed by atoms with Gasteiger partial charge in [-0.05, 0) is 6.92 Å². The van der Waals surface area contributed by atoms with E-state index >= 15 is 0 Å². The van der Waals surface area contributed by atoms with E-state index in [1.54, 1.807) is 31.2 Å². The second-order valence-corrected chi connectivity index (χ2v) is 3.79. The smallest absolute Gasteiger partial charge is 0.147 e. The molecule has 0 saturated carbocycles. The molecule has 0 atom stereocenters. The molecule has 2 aromatic rings. The third-order valence-corrected chi connectivity index (χ3v) is 2.77. The van der Waals surface area contributed by atoms with Crippen LogP contribution in [0.15, 0.2) is 24.3 Å². The van der Waals surface area contributed by atoms with Gasteiger partial charge in [0, 0.05) is 16.3 Å². The maximum Gasteiger partial charge on any atom is 0.147 e. The molecular formula is C13H13NO3. The van der Waals surface area contributed by atoms with Gasteiger partial charge in [0.25, 0.3) is 0 Å². The Morgan fingerprint density at radius 1 is 1.18 bits per heavy atom. The van der Waals surface area contributed by atoms with Crippen LogP contribution >= 0.6 is 0 Å². The summed E-state index contributed by atoms with van der Waals surface area (Å²) >= 11 is 0. The van der Waals surface area contributed by atoms with Crippen molar-refractivity contribution in [1.82, 2.24) is 0 Å². The molecule has 0 heterocycles. The van der Waals surface area contributed by atoms with Crippen LogP contribution in [0.1, 0.15) is 5.56 Å². The summed E-state index contributed by atoms with van der Waals surface area (Å²) in [5.74, 6) is 0.171. The van der Waals surface area contributed by atoms with Crippen LogP contribution in [0.4, 0.5) is 5.69 Å². The number of rotatable bonds is 3. The quantitative estimate of drug-likeness (QED) is 0.430. The number of fused-ring (bicyclic) bond motifs is 1. The molecule has 2 rings (SSSR count). The van der Waals surface area contributed by atoms with Gasteiger partial charge in [-0.25, -0.2) is 0 Å². The van der Waals surface area contributed by atoms with Gasteiger partial charge >= 0.3 is 0 Å². The largest absolute Gasteiger partial charge is 0.507 e. The molecule has 0 aliphatic heterocycles. The highest BCUT2D eigenvalue weighted by Crippen LogP contribution is 2.42. The van der Waals surface area contributed by atoms with Crippen molar-refractivity contribution in [3.63, 3.8) is 0 Å². The van der Waals surface area contributed by atoms with Crippen LogP contribution in [0.2, 0.25) is 0 Å². The Bertz CT molecular complexity index is 578. The molecule has 88 valence electrons. The summed E-state index contributed by atoms with van der Waals surface area (Å²) < 4.78 is 0. The van der Waals surface area contributed by atoms with E-state index in [0.717, 1.165) is 0 Å². The van der Waals surface area contributed by atoms with Gasteiger partial charge in [0.15, 0.2) is 0 Å². The molecule has 0 aromatic heterocycles. The van der Waals surface area contributed by atoms with Crippen molar-refractivity contribution in [1.29, 1.82) is 0 Å². The number of benzene rings is 2. The van der Waals surface area contributed by atoms with Gasteiger partial charge in [-0.1, -0.05) is 24.3 Å². The molecule has 4 nitrogen and oxygen atoms in total. The SMILES string of the molecule is Cc1c(NCC=O)c(O)c2ccccc2c1O. The summed E-state index contributed by atoms with van der Waals surface area (Å²) in [6.07, 6.45) is 0.700. The first-order valence-corrected chi connectivity index (χ1v) is 5.27. The van der Waals surface area contributed by atoms with Gasteiger partial charge in [-0.2, -0.15) is 0 Å². The molecule has 0 radical (unpaired) electrons. The summed E-state index contributed by atoms with van der Waals surface area (Å²) in [5.41, 5.74) is 0.927. The first-order valence-electron chi connectivity index (χ1n) is 5.27. The predicted molar refractivity (Wildman–Crippen MR) is 66.6 cm³/mol. The highest BCUT2D eigenvalue weighted by molar-refractivity contribution is 5.99. The van der Waals surface area contributed by atoms with Gasteiger partial charge < -0.3 is 20.3 Å². The minimum Gasteiger partial charge on any atom is -0.507 e. The Balaban J connectivity index is 2.72. The monoisotopic (exact) mass is 231 g/mol. The maximum atomic E-state index is 10.3. The van der Waals surface area contributed by atoms with Crippen LogP contribution in [-0.4, -0.2) is 23.0 Å². The molecule has 0 unspecified atom stereocenters. The molecule has 0 fully saturated rings. The number of carbonyl (C=O) groups excluding carboxylic acids is 1. The van der Waals surface area contributed by atoms with Crippen molar-refractivity contribution in [3.8, 4) is 11.5 Å². The lowest BCUT2D eigenvalue weighted by Gasteiger charge is -2.14. The van der Waals surface area contributed by atoms with Crippen LogP contribution in [0.25, 0.3) is 10.8 Å². The third kappa shape index (κ3) is 1.78. The number of hydrogen-bond acceptors (Lipinski definition) is 4. The number of phenolic OH excluding ortho intramolecular Hbond substituents is 2. The van der Waals surface area contributed by atoms with Gasteiger partial charge in [0.1, 0.15) is 17.8 Å². The van der Waals surface area contributed by atoms with E-state index in [0.29, 0.717) is 28.3 Å². The first-order chi connectivity index (χ1) is 8.16. The molecule has 0 aliphatic rings. The molecule has 0 bridgehead atoms. The maximum absolute atomic E-state index is 10.3.